The van der Waals surface area contributed by atoms with Crippen molar-refractivity contribution in [3.05, 3.63) is 40.9 Å². The highest BCUT2D eigenvalue weighted by Crippen LogP contribution is 2.52. The molecule has 4 atom stereocenters. The molecule has 5 nitrogen and oxygen atoms in total. The minimum absolute atomic E-state index is 0.00979. The Kier molecular flexibility index (Phi) is 3.91. The van der Waals surface area contributed by atoms with E-state index < -0.39 is 0 Å². The van der Waals surface area contributed by atoms with Gasteiger partial charge in [0.05, 0.1) is 24.2 Å². The summed E-state index contributed by atoms with van der Waals surface area (Å²) in [7, 11) is 0. The maximum atomic E-state index is 12.6. The van der Waals surface area contributed by atoms with Gasteiger partial charge in [0, 0.05) is 10.6 Å². The van der Waals surface area contributed by atoms with Crippen molar-refractivity contribution in [2.24, 2.45) is 28.8 Å². The molecule has 2 aliphatic carbocycles. The SMILES string of the molecule is CC(C)Oc1ccc(Cl)cc1C=NN1C(=O)[C@@H]2[C@H](C1=O)[C@H]1C=C[C@H]2C1. The van der Waals surface area contributed by atoms with E-state index in [2.05, 4.69) is 17.3 Å². The summed E-state index contributed by atoms with van der Waals surface area (Å²) in [6, 6.07) is 5.20. The number of ether oxygens (including phenoxy) is 1. The highest BCUT2D eigenvalue weighted by atomic mass is 35.5. The van der Waals surface area contributed by atoms with Crippen LogP contribution in [0.15, 0.2) is 35.5 Å². The maximum Gasteiger partial charge on any atom is 0.254 e. The number of allylic oxidation sites excluding steroid dienone is 2. The molecule has 1 aromatic rings. The number of imide groups is 1. The van der Waals surface area contributed by atoms with Crippen LogP contribution in [-0.4, -0.2) is 29.1 Å². The zero-order valence-corrected chi connectivity index (χ0v) is 14.8. The molecule has 6 heteroatoms. The van der Waals surface area contributed by atoms with Gasteiger partial charge in [0.15, 0.2) is 0 Å². The topological polar surface area (TPSA) is 59.0 Å². The zero-order valence-electron chi connectivity index (χ0n) is 14.1. The highest BCUT2D eigenvalue weighted by molar-refractivity contribution is 6.31. The van der Waals surface area contributed by atoms with E-state index in [0.29, 0.717) is 16.3 Å². The molecule has 2 amide bonds. The Morgan fingerprint density at radius 2 is 1.84 bits per heavy atom. The number of amides is 2. The Balaban J connectivity index is 1.60. The lowest BCUT2D eigenvalue weighted by Crippen LogP contribution is -2.28. The number of hydrazone groups is 1. The molecule has 2 fully saturated rings. The summed E-state index contributed by atoms with van der Waals surface area (Å²) in [5.74, 6) is 0.0863. The van der Waals surface area contributed by atoms with E-state index in [9.17, 15) is 9.59 Å². The normalized spacial score (nSPS) is 30.2. The van der Waals surface area contributed by atoms with Crippen LogP contribution in [0.25, 0.3) is 0 Å². The average Bonchev–Trinajstić information content (AvgIpc) is 3.23. The Labute approximate surface area is 151 Å². The largest absolute Gasteiger partial charge is 0.490 e. The molecule has 1 saturated heterocycles. The Hall–Kier alpha value is -2.14. The highest BCUT2D eigenvalue weighted by Gasteiger charge is 2.59. The van der Waals surface area contributed by atoms with E-state index in [4.69, 9.17) is 16.3 Å². The summed E-state index contributed by atoms with van der Waals surface area (Å²) in [6.45, 7) is 3.85. The molecule has 1 aromatic carbocycles. The number of carbonyl (C=O) groups is 2. The smallest absolute Gasteiger partial charge is 0.254 e. The Morgan fingerprint density at radius 3 is 2.44 bits per heavy atom. The third-order valence-electron chi connectivity index (χ3n) is 5.09. The van der Waals surface area contributed by atoms with Gasteiger partial charge in [0.25, 0.3) is 11.8 Å². The van der Waals surface area contributed by atoms with E-state index in [1.807, 2.05) is 13.8 Å². The summed E-state index contributed by atoms with van der Waals surface area (Å²) >= 11 is 6.06. The van der Waals surface area contributed by atoms with Crippen LogP contribution in [0.2, 0.25) is 5.02 Å². The number of carbonyl (C=O) groups excluding carboxylic acids is 2. The van der Waals surface area contributed by atoms with Crippen LogP contribution in [-0.2, 0) is 9.59 Å². The van der Waals surface area contributed by atoms with Crippen molar-refractivity contribution in [2.45, 2.75) is 26.4 Å². The summed E-state index contributed by atoms with van der Waals surface area (Å²) in [6.07, 6.45) is 6.51. The molecule has 1 heterocycles. The van der Waals surface area contributed by atoms with Gasteiger partial charge >= 0.3 is 0 Å². The van der Waals surface area contributed by atoms with E-state index in [1.54, 1.807) is 18.2 Å². The van der Waals surface area contributed by atoms with Crippen LogP contribution in [0.4, 0.5) is 0 Å². The Bertz CT molecular complexity index is 772. The molecule has 1 saturated carbocycles. The summed E-state index contributed by atoms with van der Waals surface area (Å²) in [5, 5.41) is 5.75. The first-order chi connectivity index (χ1) is 12.0. The lowest BCUT2D eigenvalue weighted by Gasteiger charge is -2.14. The van der Waals surface area contributed by atoms with Crippen LogP contribution < -0.4 is 4.74 Å². The van der Waals surface area contributed by atoms with Gasteiger partial charge in [-0.3, -0.25) is 9.59 Å². The number of nitrogens with zero attached hydrogens (tertiary/aromatic N) is 2. The first-order valence-electron chi connectivity index (χ1n) is 8.52. The number of fused-ring (bicyclic) bond motifs is 5. The second-order valence-corrected chi connectivity index (χ2v) is 7.52. The standard InChI is InChI=1S/C19H19ClN2O3/c1-10(2)25-15-6-5-14(20)8-13(15)9-21-22-18(23)16-11-3-4-12(7-11)17(16)19(22)24/h3-6,8-12,16-17H,7H2,1-2H3/t11-,12-,16-,17+/m0/s1. The second-order valence-electron chi connectivity index (χ2n) is 7.08. The fourth-order valence-electron chi connectivity index (χ4n) is 4.10. The van der Waals surface area contributed by atoms with Crippen molar-refractivity contribution in [3.8, 4) is 5.75 Å². The lowest BCUT2D eigenvalue weighted by molar-refractivity contribution is -0.140. The summed E-state index contributed by atoms with van der Waals surface area (Å²) in [4.78, 5) is 25.3. The summed E-state index contributed by atoms with van der Waals surface area (Å²) in [5.41, 5.74) is 0.639. The first-order valence-corrected chi connectivity index (χ1v) is 8.90. The molecule has 1 aliphatic heterocycles. The van der Waals surface area contributed by atoms with Gasteiger partial charge < -0.3 is 4.74 Å². The average molecular weight is 359 g/mol. The van der Waals surface area contributed by atoms with Crippen LogP contribution in [0.5, 0.6) is 5.75 Å². The van der Waals surface area contributed by atoms with Gasteiger partial charge in [-0.25, -0.2) is 0 Å². The van der Waals surface area contributed by atoms with E-state index >= 15 is 0 Å². The van der Waals surface area contributed by atoms with Crippen molar-refractivity contribution in [2.75, 3.05) is 0 Å². The van der Waals surface area contributed by atoms with Gasteiger partial charge in [-0.2, -0.15) is 10.1 Å². The number of rotatable bonds is 4. The number of hydrogen-bond donors (Lipinski definition) is 0. The third kappa shape index (κ3) is 2.67. The van der Waals surface area contributed by atoms with Crippen molar-refractivity contribution in [1.29, 1.82) is 0 Å². The third-order valence-corrected chi connectivity index (χ3v) is 5.33. The van der Waals surface area contributed by atoms with Crippen molar-refractivity contribution < 1.29 is 14.3 Å². The fourth-order valence-corrected chi connectivity index (χ4v) is 4.28. The molecular formula is C19H19ClN2O3. The van der Waals surface area contributed by atoms with Crippen molar-refractivity contribution in [3.63, 3.8) is 0 Å². The molecule has 0 radical (unpaired) electrons. The minimum Gasteiger partial charge on any atom is -0.490 e. The maximum absolute atomic E-state index is 12.6. The molecule has 3 aliphatic rings. The zero-order chi connectivity index (χ0) is 17.7. The van der Waals surface area contributed by atoms with Gasteiger partial charge in [-0.1, -0.05) is 23.8 Å². The predicted molar refractivity (Wildman–Crippen MR) is 94.4 cm³/mol. The first kappa shape index (κ1) is 16.3. The van der Waals surface area contributed by atoms with Crippen molar-refractivity contribution >= 4 is 29.6 Å². The molecule has 0 unspecified atom stereocenters. The number of hydrogen-bond acceptors (Lipinski definition) is 4. The number of benzene rings is 1. The molecule has 25 heavy (non-hydrogen) atoms. The molecule has 2 bridgehead atoms. The van der Waals surface area contributed by atoms with Gasteiger partial charge in [-0.05, 0) is 50.3 Å². The van der Waals surface area contributed by atoms with E-state index in [-0.39, 0.29) is 41.6 Å². The Morgan fingerprint density at radius 1 is 1.20 bits per heavy atom. The van der Waals surface area contributed by atoms with Crippen LogP contribution in [0.1, 0.15) is 25.8 Å². The number of halogens is 1. The van der Waals surface area contributed by atoms with Gasteiger partial charge in [-0.15, -0.1) is 0 Å². The van der Waals surface area contributed by atoms with E-state index in [1.165, 1.54) is 6.21 Å². The quantitative estimate of drug-likeness (QED) is 0.471. The summed E-state index contributed by atoms with van der Waals surface area (Å²) < 4.78 is 5.74. The molecular weight excluding hydrogens is 340 g/mol. The molecule has 0 spiro atoms. The monoisotopic (exact) mass is 358 g/mol. The second kappa shape index (κ2) is 5.99. The van der Waals surface area contributed by atoms with Crippen LogP contribution >= 0.6 is 11.6 Å². The molecule has 0 aromatic heterocycles. The fraction of sp³-hybridized carbons (Fsp3) is 0.421. The molecule has 0 N–H and O–H groups in total. The van der Waals surface area contributed by atoms with Gasteiger partial charge in [0.1, 0.15) is 5.75 Å². The van der Waals surface area contributed by atoms with Crippen LogP contribution in [0.3, 0.4) is 0 Å². The minimum atomic E-state index is -0.245. The van der Waals surface area contributed by atoms with Gasteiger partial charge in [0.2, 0.25) is 0 Å². The molecule has 4 rings (SSSR count). The predicted octanol–water partition coefficient (Wildman–Crippen LogP) is 3.27. The van der Waals surface area contributed by atoms with Crippen LogP contribution in [0, 0.1) is 23.7 Å². The molecule has 130 valence electrons. The van der Waals surface area contributed by atoms with E-state index in [0.717, 1.165) is 11.4 Å². The lowest BCUT2D eigenvalue weighted by atomic mass is 9.85. The van der Waals surface area contributed by atoms with Crippen molar-refractivity contribution in [1.82, 2.24) is 5.01 Å².